The molecule has 2 heteroatoms. The number of rotatable bonds is 2. The van der Waals surface area contributed by atoms with Gasteiger partial charge in [-0.3, -0.25) is 0 Å². The fourth-order valence-electron chi connectivity index (χ4n) is 3.11. The van der Waals surface area contributed by atoms with Crippen LogP contribution in [0.15, 0.2) is 18.2 Å². The topological polar surface area (TPSA) is 0 Å². The normalized spacial score (nSPS) is 33.6. The average Bonchev–Trinajstić information content (AvgIpc) is 2.89. The number of benzene rings is 1. The van der Waals surface area contributed by atoms with Gasteiger partial charge in [0.2, 0.25) is 0 Å². The van der Waals surface area contributed by atoms with Crippen molar-refractivity contribution in [3.05, 3.63) is 35.1 Å². The Kier molecular flexibility index (Phi) is 2.58. The highest BCUT2D eigenvalue weighted by atomic mass is 79.9. The maximum atomic E-state index is 13.2. The van der Waals surface area contributed by atoms with Crippen molar-refractivity contribution in [2.45, 2.75) is 31.0 Å². The lowest BCUT2D eigenvalue weighted by atomic mass is 9.94. The summed E-state index contributed by atoms with van der Waals surface area (Å²) in [7, 11) is 0. The molecule has 1 aromatic rings. The van der Waals surface area contributed by atoms with Crippen molar-refractivity contribution in [2.24, 2.45) is 17.8 Å². The molecule has 3 atom stereocenters. The third kappa shape index (κ3) is 1.81. The highest BCUT2D eigenvalue weighted by Crippen LogP contribution is 2.58. The van der Waals surface area contributed by atoms with Crippen LogP contribution in [-0.2, 0) is 0 Å². The predicted molar refractivity (Wildman–Crippen MR) is 67.1 cm³/mol. The van der Waals surface area contributed by atoms with Gasteiger partial charge in [-0.1, -0.05) is 28.1 Å². The summed E-state index contributed by atoms with van der Waals surface area (Å²) < 4.78 is 13.2. The lowest BCUT2D eigenvalue weighted by Gasteiger charge is -2.19. The molecule has 0 heterocycles. The minimum absolute atomic E-state index is 0.0993. The standard InChI is InChI=1S/C14H16BrF/c1-8-4-9(2-3-13(8)16)14(15)12-6-10-5-11(10)7-12/h2-4,10-12,14H,5-7H2,1H3. The molecule has 2 aliphatic carbocycles. The quantitative estimate of drug-likeness (QED) is 0.695. The van der Waals surface area contributed by atoms with Crippen molar-refractivity contribution < 1.29 is 4.39 Å². The zero-order valence-corrected chi connectivity index (χ0v) is 11.0. The molecule has 0 aromatic heterocycles. The fraction of sp³-hybridized carbons (Fsp3) is 0.571. The highest BCUT2D eigenvalue weighted by molar-refractivity contribution is 9.09. The molecule has 0 bridgehead atoms. The minimum atomic E-state index is -0.0993. The van der Waals surface area contributed by atoms with E-state index in [1.807, 2.05) is 19.1 Å². The average molecular weight is 283 g/mol. The van der Waals surface area contributed by atoms with E-state index in [1.165, 1.54) is 24.8 Å². The van der Waals surface area contributed by atoms with Crippen LogP contribution >= 0.6 is 15.9 Å². The second kappa shape index (κ2) is 3.83. The Hall–Kier alpha value is -0.370. The van der Waals surface area contributed by atoms with E-state index in [1.54, 1.807) is 6.07 Å². The number of alkyl halides is 1. The van der Waals surface area contributed by atoms with Gasteiger partial charge in [0.15, 0.2) is 0 Å². The van der Waals surface area contributed by atoms with Crippen LogP contribution in [0.1, 0.15) is 35.2 Å². The number of hydrogen-bond acceptors (Lipinski definition) is 0. The van der Waals surface area contributed by atoms with Crippen LogP contribution in [0.2, 0.25) is 0 Å². The molecule has 0 N–H and O–H groups in total. The smallest absolute Gasteiger partial charge is 0.126 e. The number of hydrogen-bond donors (Lipinski definition) is 0. The molecule has 86 valence electrons. The number of fused-ring (bicyclic) bond motifs is 1. The molecule has 0 amide bonds. The third-order valence-corrected chi connectivity index (χ3v) is 5.47. The van der Waals surface area contributed by atoms with Gasteiger partial charge in [-0.2, -0.15) is 0 Å². The van der Waals surface area contributed by atoms with Gasteiger partial charge in [0.25, 0.3) is 0 Å². The molecule has 16 heavy (non-hydrogen) atoms. The molecule has 0 spiro atoms. The van der Waals surface area contributed by atoms with E-state index >= 15 is 0 Å². The summed E-state index contributed by atoms with van der Waals surface area (Å²) in [6, 6.07) is 5.50. The Balaban J connectivity index is 1.77. The summed E-state index contributed by atoms with van der Waals surface area (Å²) in [6.07, 6.45) is 4.17. The molecule has 0 nitrogen and oxygen atoms in total. The van der Waals surface area contributed by atoms with E-state index in [2.05, 4.69) is 15.9 Å². The van der Waals surface area contributed by atoms with Crippen LogP contribution in [0.25, 0.3) is 0 Å². The second-order valence-corrected chi connectivity index (χ2v) is 6.38. The Labute approximate surface area is 104 Å². The molecule has 0 radical (unpaired) electrons. The first-order chi connectivity index (χ1) is 7.65. The van der Waals surface area contributed by atoms with Crippen LogP contribution in [0.4, 0.5) is 4.39 Å². The van der Waals surface area contributed by atoms with Crippen LogP contribution in [0.5, 0.6) is 0 Å². The number of aryl methyl sites for hydroxylation is 1. The van der Waals surface area contributed by atoms with E-state index in [-0.39, 0.29) is 5.82 Å². The summed E-state index contributed by atoms with van der Waals surface area (Å²) in [5.74, 6) is 2.67. The Morgan fingerprint density at radius 1 is 1.25 bits per heavy atom. The molecular formula is C14H16BrF. The highest BCUT2D eigenvalue weighted by Gasteiger charge is 2.47. The van der Waals surface area contributed by atoms with E-state index in [4.69, 9.17) is 0 Å². The molecule has 3 unspecified atom stereocenters. The van der Waals surface area contributed by atoms with Gasteiger partial charge in [-0.15, -0.1) is 0 Å². The van der Waals surface area contributed by atoms with Crippen LogP contribution < -0.4 is 0 Å². The molecule has 2 saturated carbocycles. The summed E-state index contributed by atoms with van der Waals surface area (Å²) in [4.78, 5) is 0.416. The van der Waals surface area contributed by atoms with Crippen molar-refractivity contribution in [1.82, 2.24) is 0 Å². The van der Waals surface area contributed by atoms with Crippen LogP contribution in [0, 0.1) is 30.5 Å². The van der Waals surface area contributed by atoms with Gasteiger partial charge in [0.1, 0.15) is 5.82 Å². The second-order valence-electron chi connectivity index (χ2n) is 5.40. The van der Waals surface area contributed by atoms with Gasteiger partial charge in [-0.25, -0.2) is 4.39 Å². The lowest BCUT2D eigenvalue weighted by molar-refractivity contribution is 0.481. The number of halogens is 2. The Morgan fingerprint density at radius 3 is 2.56 bits per heavy atom. The molecule has 3 rings (SSSR count). The van der Waals surface area contributed by atoms with Gasteiger partial charge in [0.05, 0.1) is 0 Å². The molecule has 2 fully saturated rings. The van der Waals surface area contributed by atoms with Crippen molar-refractivity contribution in [2.75, 3.05) is 0 Å². The summed E-state index contributed by atoms with van der Waals surface area (Å²) in [5, 5.41) is 0. The van der Waals surface area contributed by atoms with E-state index in [0.717, 1.165) is 23.3 Å². The first-order valence-electron chi connectivity index (χ1n) is 6.05. The minimum Gasteiger partial charge on any atom is -0.207 e. The maximum absolute atomic E-state index is 13.2. The van der Waals surface area contributed by atoms with E-state index in [9.17, 15) is 4.39 Å². The van der Waals surface area contributed by atoms with Crippen LogP contribution in [-0.4, -0.2) is 0 Å². The molecule has 2 aliphatic rings. The predicted octanol–water partition coefficient (Wildman–Crippen LogP) is 4.62. The van der Waals surface area contributed by atoms with Crippen molar-refractivity contribution in [3.63, 3.8) is 0 Å². The van der Waals surface area contributed by atoms with Crippen LogP contribution in [0.3, 0.4) is 0 Å². The van der Waals surface area contributed by atoms with Crippen molar-refractivity contribution in [1.29, 1.82) is 0 Å². The maximum Gasteiger partial charge on any atom is 0.126 e. The Morgan fingerprint density at radius 2 is 1.94 bits per heavy atom. The lowest BCUT2D eigenvalue weighted by Crippen LogP contribution is -2.06. The zero-order valence-electron chi connectivity index (χ0n) is 9.42. The van der Waals surface area contributed by atoms with E-state index in [0.29, 0.717) is 4.83 Å². The molecular weight excluding hydrogens is 267 g/mol. The summed E-state index contributed by atoms with van der Waals surface area (Å²) in [6.45, 7) is 1.84. The fourth-order valence-corrected chi connectivity index (χ4v) is 3.83. The monoisotopic (exact) mass is 282 g/mol. The Bertz CT molecular complexity index is 405. The zero-order chi connectivity index (χ0) is 11.3. The van der Waals surface area contributed by atoms with Gasteiger partial charge >= 0.3 is 0 Å². The van der Waals surface area contributed by atoms with E-state index < -0.39 is 0 Å². The molecule has 0 aliphatic heterocycles. The molecule has 0 saturated heterocycles. The summed E-state index contributed by atoms with van der Waals surface area (Å²) in [5.41, 5.74) is 2.00. The molecule has 1 aromatic carbocycles. The first kappa shape index (κ1) is 10.8. The van der Waals surface area contributed by atoms with Gasteiger partial charge in [0, 0.05) is 4.83 Å². The van der Waals surface area contributed by atoms with Crippen molar-refractivity contribution >= 4 is 15.9 Å². The largest absolute Gasteiger partial charge is 0.207 e. The SMILES string of the molecule is Cc1cc(C(Br)C2CC3CC3C2)ccc1F. The summed E-state index contributed by atoms with van der Waals surface area (Å²) >= 11 is 3.80. The van der Waals surface area contributed by atoms with Gasteiger partial charge < -0.3 is 0 Å². The van der Waals surface area contributed by atoms with Gasteiger partial charge in [-0.05, 0) is 61.1 Å². The third-order valence-electron chi connectivity index (χ3n) is 4.19. The first-order valence-corrected chi connectivity index (χ1v) is 6.97. The van der Waals surface area contributed by atoms with Crippen molar-refractivity contribution in [3.8, 4) is 0 Å².